The molecule has 3 saturated heterocycles. The van der Waals surface area contributed by atoms with E-state index < -0.39 is 12.1 Å². The summed E-state index contributed by atoms with van der Waals surface area (Å²) in [6.07, 6.45) is -1.19. The minimum atomic E-state index is -5.08. The molecule has 36 heavy (non-hydrogen) atoms. The van der Waals surface area contributed by atoms with Crippen molar-refractivity contribution in [1.82, 2.24) is 14.7 Å². The number of carbonyl (C=O) groups excluding carboxylic acids is 2. The van der Waals surface area contributed by atoms with Crippen LogP contribution in [-0.4, -0.2) is 102 Å². The number of benzene rings is 1. The number of alkyl halides is 3. The third kappa shape index (κ3) is 7.25. The Kier molecular flexibility index (Phi) is 9.04. The lowest BCUT2D eigenvalue weighted by atomic mass is 10.2. The number of aliphatic carboxylic acids is 1. The molecule has 3 fully saturated rings. The highest BCUT2D eigenvalue weighted by Gasteiger charge is 2.38. The van der Waals surface area contributed by atoms with Crippen LogP contribution in [0.1, 0.15) is 33.1 Å². The fraction of sp³-hybridized carbons (Fsp3) is 0.625. The minimum Gasteiger partial charge on any atom is -0.475 e. The van der Waals surface area contributed by atoms with Gasteiger partial charge in [-0.3, -0.25) is 9.69 Å². The van der Waals surface area contributed by atoms with Crippen LogP contribution in [-0.2, 0) is 9.59 Å². The Balaban J connectivity index is 0.000000454. The van der Waals surface area contributed by atoms with Gasteiger partial charge in [-0.2, -0.15) is 13.2 Å². The number of halogens is 3. The second-order valence-electron chi connectivity index (χ2n) is 9.39. The van der Waals surface area contributed by atoms with E-state index in [1.165, 1.54) is 31.5 Å². The van der Waals surface area contributed by atoms with Crippen LogP contribution < -0.4 is 10.2 Å². The Morgan fingerprint density at radius 2 is 1.53 bits per heavy atom. The molecule has 0 saturated carbocycles. The molecule has 9 nitrogen and oxygen atoms in total. The molecule has 4 rings (SSSR count). The zero-order valence-electron chi connectivity index (χ0n) is 20.6. The monoisotopic (exact) mass is 513 g/mol. The minimum absolute atomic E-state index is 0.0731. The third-order valence-corrected chi connectivity index (χ3v) is 6.98. The smallest absolute Gasteiger partial charge is 0.475 e. The summed E-state index contributed by atoms with van der Waals surface area (Å²) in [7, 11) is 0. The number of piperazine rings is 1. The fourth-order valence-corrected chi connectivity index (χ4v) is 4.93. The van der Waals surface area contributed by atoms with E-state index in [1.807, 2.05) is 12.1 Å². The van der Waals surface area contributed by atoms with Gasteiger partial charge < -0.3 is 25.1 Å². The quantitative estimate of drug-likeness (QED) is 0.645. The summed E-state index contributed by atoms with van der Waals surface area (Å²) in [6.45, 7) is 9.72. The summed E-state index contributed by atoms with van der Waals surface area (Å²) in [4.78, 5) is 41.5. The predicted octanol–water partition coefficient (Wildman–Crippen LogP) is 3.08. The second-order valence-corrected chi connectivity index (χ2v) is 9.39. The van der Waals surface area contributed by atoms with Gasteiger partial charge in [0.05, 0.1) is 0 Å². The van der Waals surface area contributed by atoms with Gasteiger partial charge in [0.15, 0.2) is 0 Å². The first-order chi connectivity index (χ1) is 17.0. The lowest BCUT2D eigenvalue weighted by molar-refractivity contribution is -0.192. The van der Waals surface area contributed by atoms with E-state index in [-0.39, 0.29) is 11.9 Å². The maximum atomic E-state index is 12.5. The molecule has 2 N–H and O–H groups in total. The standard InChI is InChI=1S/C22H33N5O2.C2HF3O2/c1-17-4-3-10-27(17)21-9-11-26(16-21)20-7-5-19(6-8-20)23-22(29)25-14-12-24(13-15-25)18(2)28;3-2(4,5)1(6)7/h5-8,17,21H,3-4,9-16H2,1-2H3,(H,23,29);(H,6,7). The van der Waals surface area contributed by atoms with Crippen LogP contribution in [0.3, 0.4) is 0 Å². The van der Waals surface area contributed by atoms with Gasteiger partial charge >= 0.3 is 18.2 Å². The number of amides is 3. The molecule has 3 heterocycles. The Morgan fingerprint density at radius 1 is 0.944 bits per heavy atom. The number of carboxylic acids is 1. The number of nitrogens with zero attached hydrogens (tertiary/aromatic N) is 4. The van der Waals surface area contributed by atoms with Crippen molar-refractivity contribution in [3.05, 3.63) is 24.3 Å². The molecular formula is C24H34F3N5O4. The lowest BCUT2D eigenvalue weighted by Gasteiger charge is -2.34. The van der Waals surface area contributed by atoms with Crippen LogP contribution in [0.15, 0.2) is 24.3 Å². The number of nitrogens with one attached hydrogen (secondary N) is 1. The van der Waals surface area contributed by atoms with E-state index in [1.54, 1.807) is 16.7 Å². The highest BCUT2D eigenvalue weighted by Crippen LogP contribution is 2.28. The lowest BCUT2D eigenvalue weighted by Crippen LogP contribution is -2.51. The van der Waals surface area contributed by atoms with Gasteiger partial charge in [0, 0.05) is 69.7 Å². The number of likely N-dealkylation sites (tertiary alicyclic amines) is 1. The van der Waals surface area contributed by atoms with Crippen LogP contribution in [0.5, 0.6) is 0 Å². The normalized spacial score (nSPS) is 22.8. The molecule has 0 radical (unpaired) electrons. The summed E-state index contributed by atoms with van der Waals surface area (Å²) < 4.78 is 31.7. The van der Waals surface area contributed by atoms with E-state index in [9.17, 15) is 22.8 Å². The molecule has 3 aliphatic heterocycles. The Morgan fingerprint density at radius 3 is 2.03 bits per heavy atom. The van der Waals surface area contributed by atoms with Crippen LogP contribution in [0.4, 0.5) is 29.3 Å². The van der Waals surface area contributed by atoms with Crippen LogP contribution >= 0.6 is 0 Å². The topological polar surface area (TPSA) is 96.4 Å². The highest BCUT2D eigenvalue weighted by molar-refractivity contribution is 5.89. The molecule has 0 bridgehead atoms. The molecule has 0 aliphatic carbocycles. The number of rotatable bonds is 3. The average Bonchev–Trinajstić information content (AvgIpc) is 3.48. The van der Waals surface area contributed by atoms with E-state index >= 15 is 0 Å². The Bertz CT molecular complexity index is 919. The van der Waals surface area contributed by atoms with Gasteiger partial charge in [-0.05, 0) is 57.0 Å². The largest absolute Gasteiger partial charge is 0.490 e. The van der Waals surface area contributed by atoms with Crippen molar-refractivity contribution in [3.8, 4) is 0 Å². The van der Waals surface area contributed by atoms with Crippen molar-refractivity contribution in [2.45, 2.75) is 51.4 Å². The SMILES string of the molecule is CC(=O)N1CCN(C(=O)Nc2ccc(N3CCC(N4CCCC4C)C3)cc2)CC1.O=C(O)C(F)(F)F. The maximum absolute atomic E-state index is 12.5. The van der Waals surface area contributed by atoms with Crippen molar-refractivity contribution >= 4 is 29.3 Å². The molecule has 1 aromatic carbocycles. The van der Waals surface area contributed by atoms with E-state index in [2.05, 4.69) is 34.2 Å². The first-order valence-corrected chi connectivity index (χ1v) is 12.2. The van der Waals surface area contributed by atoms with Crippen LogP contribution in [0.2, 0.25) is 0 Å². The van der Waals surface area contributed by atoms with Crippen LogP contribution in [0.25, 0.3) is 0 Å². The van der Waals surface area contributed by atoms with Gasteiger partial charge in [-0.15, -0.1) is 0 Å². The van der Waals surface area contributed by atoms with Gasteiger partial charge in [-0.1, -0.05) is 0 Å². The molecule has 12 heteroatoms. The molecule has 2 atom stereocenters. The van der Waals surface area contributed by atoms with Crippen molar-refractivity contribution < 1.29 is 32.7 Å². The number of carboxylic acid groups (broad SMARTS) is 1. The van der Waals surface area contributed by atoms with Crippen molar-refractivity contribution in [2.75, 3.05) is 56.0 Å². The molecule has 2 unspecified atom stereocenters. The zero-order chi connectivity index (χ0) is 26.5. The number of hydrogen-bond donors (Lipinski definition) is 2. The summed E-state index contributed by atoms with van der Waals surface area (Å²) >= 11 is 0. The van der Waals surface area contributed by atoms with Gasteiger partial charge in [0.1, 0.15) is 0 Å². The fourth-order valence-electron chi connectivity index (χ4n) is 4.93. The number of hydrogen-bond acceptors (Lipinski definition) is 5. The van der Waals surface area contributed by atoms with E-state index in [0.717, 1.165) is 24.8 Å². The zero-order valence-corrected chi connectivity index (χ0v) is 20.6. The second kappa shape index (κ2) is 11.8. The number of anilines is 2. The van der Waals surface area contributed by atoms with E-state index in [4.69, 9.17) is 9.90 Å². The Hall–Kier alpha value is -3.02. The summed E-state index contributed by atoms with van der Waals surface area (Å²) in [6, 6.07) is 9.49. The molecule has 200 valence electrons. The maximum Gasteiger partial charge on any atom is 0.490 e. The molecular weight excluding hydrogens is 479 g/mol. The molecule has 1 aromatic rings. The number of carbonyl (C=O) groups is 3. The van der Waals surface area contributed by atoms with E-state index in [0.29, 0.717) is 32.2 Å². The summed E-state index contributed by atoms with van der Waals surface area (Å²) in [5.41, 5.74) is 2.05. The molecule has 3 amide bonds. The first-order valence-electron chi connectivity index (χ1n) is 12.2. The first kappa shape index (κ1) is 27.6. The summed E-state index contributed by atoms with van der Waals surface area (Å²) in [5, 5.41) is 10.1. The predicted molar refractivity (Wildman–Crippen MR) is 129 cm³/mol. The van der Waals surface area contributed by atoms with Gasteiger partial charge in [0.25, 0.3) is 0 Å². The Labute approximate surface area is 208 Å². The number of urea groups is 1. The van der Waals surface area contributed by atoms with Crippen molar-refractivity contribution in [2.24, 2.45) is 0 Å². The molecule has 0 spiro atoms. The average molecular weight is 514 g/mol. The highest BCUT2D eigenvalue weighted by atomic mass is 19.4. The molecule has 3 aliphatic rings. The summed E-state index contributed by atoms with van der Waals surface area (Å²) in [5.74, 6) is -2.68. The molecule has 0 aromatic heterocycles. The van der Waals surface area contributed by atoms with Crippen molar-refractivity contribution in [1.29, 1.82) is 0 Å². The van der Waals surface area contributed by atoms with Gasteiger partial charge in [0.2, 0.25) is 5.91 Å². The van der Waals surface area contributed by atoms with Crippen molar-refractivity contribution in [3.63, 3.8) is 0 Å². The van der Waals surface area contributed by atoms with Gasteiger partial charge in [-0.25, -0.2) is 9.59 Å². The third-order valence-electron chi connectivity index (χ3n) is 6.98. The van der Waals surface area contributed by atoms with Crippen LogP contribution in [0, 0.1) is 0 Å².